The number of amides is 1. The second-order valence-electron chi connectivity index (χ2n) is 7.35. The molecule has 2 fully saturated rings. The summed E-state index contributed by atoms with van der Waals surface area (Å²) in [5.74, 6) is -0.414. The molecular weight excluding hydrogens is 347 g/mol. The summed E-state index contributed by atoms with van der Waals surface area (Å²) >= 11 is 0. The summed E-state index contributed by atoms with van der Waals surface area (Å²) in [5, 5.41) is 4.33. The molecule has 27 heavy (non-hydrogen) atoms. The molecule has 2 aromatic rings. The van der Waals surface area contributed by atoms with Crippen LogP contribution in [0.5, 0.6) is 0 Å². The summed E-state index contributed by atoms with van der Waals surface area (Å²) in [4.78, 5) is 16.8. The van der Waals surface area contributed by atoms with E-state index in [9.17, 15) is 9.18 Å². The molecule has 4 rings (SSSR count). The lowest BCUT2D eigenvalue weighted by molar-refractivity contribution is -0.151. The van der Waals surface area contributed by atoms with Gasteiger partial charge in [0.15, 0.2) is 6.10 Å². The number of aromatic nitrogens is 2. The van der Waals surface area contributed by atoms with Crippen LogP contribution in [0.1, 0.15) is 25.3 Å². The molecule has 1 unspecified atom stereocenters. The number of rotatable bonds is 5. The predicted octanol–water partition coefficient (Wildman–Crippen LogP) is 2.44. The van der Waals surface area contributed by atoms with Crippen LogP contribution < -0.4 is 4.90 Å². The Balaban J connectivity index is 1.49. The zero-order valence-corrected chi connectivity index (χ0v) is 15.8. The van der Waals surface area contributed by atoms with Gasteiger partial charge in [0.1, 0.15) is 5.82 Å². The van der Waals surface area contributed by atoms with E-state index in [0.29, 0.717) is 5.69 Å². The minimum Gasteiger partial charge on any atom is -0.369 e. The molecule has 0 aliphatic carbocycles. The summed E-state index contributed by atoms with van der Waals surface area (Å²) in [6.45, 7) is 5.50. The third-order valence-corrected chi connectivity index (χ3v) is 5.82. The van der Waals surface area contributed by atoms with Crippen molar-refractivity contribution in [3.63, 3.8) is 0 Å². The van der Waals surface area contributed by atoms with Gasteiger partial charge >= 0.3 is 0 Å². The minimum absolute atomic E-state index is 0.0826. The van der Waals surface area contributed by atoms with Gasteiger partial charge in [0, 0.05) is 50.7 Å². The van der Waals surface area contributed by atoms with Gasteiger partial charge in [-0.3, -0.25) is 14.4 Å². The third-order valence-electron chi connectivity index (χ3n) is 5.82. The van der Waals surface area contributed by atoms with Gasteiger partial charge < -0.3 is 9.64 Å². The number of nitrogens with zero attached hydrogens (tertiary/aromatic N) is 4. The molecule has 3 heterocycles. The molecule has 144 valence electrons. The Bertz CT molecular complexity index is 829. The standard InChI is InChI=1S/C20H25FN4O2/c1-3-24-14-15(12-22-24)13-23-9-7-20(8-10-23)18(27-2)19(26)25(20)17-6-4-5-16(21)11-17/h4-6,11-12,14,18H,3,7-10,13H2,1-2H3. The number of carbonyl (C=O) groups is 1. The van der Waals surface area contributed by atoms with Gasteiger partial charge in [-0.15, -0.1) is 0 Å². The fourth-order valence-corrected chi connectivity index (χ4v) is 4.44. The zero-order valence-electron chi connectivity index (χ0n) is 15.8. The van der Waals surface area contributed by atoms with Gasteiger partial charge in [-0.25, -0.2) is 4.39 Å². The normalized spacial score (nSPS) is 22.3. The van der Waals surface area contributed by atoms with Crippen LogP contribution in [0.4, 0.5) is 10.1 Å². The topological polar surface area (TPSA) is 50.6 Å². The SMILES string of the molecule is CCn1cc(CN2CCC3(CC2)C(OC)C(=O)N3c2cccc(F)c2)cn1. The van der Waals surface area contributed by atoms with Crippen molar-refractivity contribution in [2.24, 2.45) is 0 Å². The summed E-state index contributed by atoms with van der Waals surface area (Å²) in [6, 6.07) is 6.26. The highest BCUT2D eigenvalue weighted by Crippen LogP contribution is 2.45. The zero-order chi connectivity index (χ0) is 19.0. The number of likely N-dealkylation sites (tertiary alicyclic amines) is 1. The fourth-order valence-electron chi connectivity index (χ4n) is 4.44. The Labute approximate surface area is 158 Å². The molecule has 2 saturated heterocycles. The first-order valence-corrected chi connectivity index (χ1v) is 9.43. The Morgan fingerprint density at radius 3 is 2.74 bits per heavy atom. The summed E-state index contributed by atoms with van der Waals surface area (Å²) in [5.41, 5.74) is 1.43. The van der Waals surface area contributed by atoms with E-state index >= 15 is 0 Å². The molecule has 7 heteroatoms. The van der Waals surface area contributed by atoms with Crippen molar-refractivity contribution in [1.82, 2.24) is 14.7 Å². The number of benzene rings is 1. The van der Waals surface area contributed by atoms with Gasteiger partial charge in [0.25, 0.3) is 5.91 Å². The van der Waals surface area contributed by atoms with Crippen molar-refractivity contribution in [3.8, 4) is 0 Å². The average molecular weight is 372 g/mol. The number of hydrogen-bond donors (Lipinski definition) is 0. The lowest BCUT2D eigenvalue weighted by Gasteiger charge is -2.59. The molecule has 1 amide bonds. The van der Waals surface area contributed by atoms with E-state index in [1.165, 1.54) is 17.7 Å². The first-order valence-electron chi connectivity index (χ1n) is 9.43. The van der Waals surface area contributed by atoms with Gasteiger partial charge in [-0.05, 0) is 38.0 Å². The molecule has 1 aromatic heterocycles. The number of ether oxygens (including phenoxy) is 1. The van der Waals surface area contributed by atoms with Crippen LogP contribution in [-0.4, -0.2) is 52.4 Å². The van der Waals surface area contributed by atoms with Crippen LogP contribution in [-0.2, 0) is 22.6 Å². The third kappa shape index (κ3) is 3.04. The highest BCUT2D eigenvalue weighted by molar-refractivity contribution is 6.06. The maximum atomic E-state index is 13.7. The minimum atomic E-state index is -0.453. The molecule has 1 atom stereocenters. The fraction of sp³-hybridized carbons (Fsp3) is 0.500. The first kappa shape index (κ1) is 18.1. The number of halogens is 1. The van der Waals surface area contributed by atoms with Crippen molar-refractivity contribution < 1.29 is 13.9 Å². The van der Waals surface area contributed by atoms with E-state index in [1.807, 2.05) is 10.9 Å². The number of anilines is 1. The smallest absolute Gasteiger partial charge is 0.259 e. The van der Waals surface area contributed by atoms with Crippen LogP contribution >= 0.6 is 0 Å². The van der Waals surface area contributed by atoms with Crippen molar-refractivity contribution in [3.05, 3.63) is 48.0 Å². The Morgan fingerprint density at radius 1 is 1.33 bits per heavy atom. The molecule has 2 aliphatic rings. The van der Waals surface area contributed by atoms with Crippen LogP contribution in [0.15, 0.2) is 36.7 Å². The highest BCUT2D eigenvalue weighted by atomic mass is 19.1. The second kappa shape index (κ2) is 7.05. The quantitative estimate of drug-likeness (QED) is 0.757. The van der Waals surface area contributed by atoms with Crippen molar-refractivity contribution in [2.45, 2.75) is 44.5 Å². The summed E-state index contributed by atoms with van der Waals surface area (Å²) < 4.78 is 21.2. The van der Waals surface area contributed by atoms with E-state index in [2.05, 4.69) is 23.1 Å². The van der Waals surface area contributed by atoms with Crippen LogP contribution in [0.2, 0.25) is 0 Å². The molecule has 0 saturated carbocycles. The molecule has 1 spiro atoms. The number of β-lactam (4-membered cyclic amide) rings is 1. The van der Waals surface area contributed by atoms with Gasteiger partial charge in [-0.1, -0.05) is 6.07 Å². The largest absolute Gasteiger partial charge is 0.369 e. The van der Waals surface area contributed by atoms with Crippen LogP contribution in [0.3, 0.4) is 0 Å². The lowest BCUT2D eigenvalue weighted by Crippen LogP contribution is -2.77. The van der Waals surface area contributed by atoms with Gasteiger partial charge in [-0.2, -0.15) is 5.10 Å². The van der Waals surface area contributed by atoms with E-state index < -0.39 is 6.10 Å². The highest BCUT2D eigenvalue weighted by Gasteiger charge is 2.61. The summed E-state index contributed by atoms with van der Waals surface area (Å²) in [6.07, 6.45) is 5.14. The van der Waals surface area contributed by atoms with Crippen LogP contribution in [0, 0.1) is 5.82 Å². The molecule has 0 bridgehead atoms. The number of aryl methyl sites for hydroxylation is 1. The molecule has 6 nitrogen and oxygen atoms in total. The maximum Gasteiger partial charge on any atom is 0.259 e. The molecule has 1 aromatic carbocycles. The van der Waals surface area contributed by atoms with E-state index in [4.69, 9.17) is 4.74 Å². The molecular formula is C20H25FN4O2. The number of carbonyl (C=O) groups excluding carboxylic acids is 1. The van der Waals surface area contributed by atoms with E-state index in [-0.39, 0.29) is 17.3 Å². The van der Waals surface area contributed by atoms with Crippen LogP contribution in [0.25, 0.3) is 0 Å². The Kier molecular flexibility index (Phi) is 4.74. The average Bonchev–Trinajstić information content (AvgIpc) is 3.11. The van der Waals surface area contributed by atoms with E-state index in [1.54, 1.807) is 24.1 Å². The van der Waals surface area contributed by atoms with Gasteiger partial charge in [0.2, 0.25) is 0 Å². The Hall–Kier alpha value is -2.25. The van der Waals surface area contributed by atoms with Gasteiger partial charge in [0.05, 0.1) is 11.7 Å². The number of hydrogen-bond acceptors (Lipinski definition) is 4. The lowest BCUT2D eigenvalue weighted by atomic mass is 9.72. The monoisotopic (exact) mass is 372 g/mol. The summed E-state index contributed by atoms with van der Waals surface area (Å²) in [7, 11) is 1.58. The van der Waals surface area contributed by atoms with E-state index in [0.717, 1.165) is 39.0 Å². The molecule has 2 aliphatic heterocycles. The predicted molar refractivity (Wildman–Crippen MR) is 99.8 cm³/mol. The second-order valence-corrected chi connectivity index (χ2v) is 7.35. The van der Waals surface area contributed by atoms with Crippen molar-refractivity contribution in [1.29, 1.82) is 0 Å². The number of methoxy groups -OCH3 is 1. The molecule has 0 N–H and O–H groups in total. The maximum absolute atomic E-state index is 13.7. The Morgan fingerprint density at radius 2 is 2.11 bits per heavy atom. The van der Waals surface area contributed by atoms with Crippen molar-refractivity contribution in [2.75, 3.05) is 25.1 Å². The number of piperidine rings is 1. The molecule has 0 radical (unpaired) electrons. The van der Waals surface area contributed by atoms with Crippen molar-refractivity contribution >= 4 is 11.6 Å². The first-order chi connectivity index (χ1) is 13.1.